The third kappa shape index (κ3) is 9.16. The van der Waals surface area contributed by atoms with Crippen molar-refractivity contribution < 1.29 is 18.3 Å². The normalized spacial score (nSPS) is 10.8. The maximum atomic E-state index is 12.9. The number of carbonyl (C=O) groups is 1. The lowest BCUT2D eigenvalue weighted by molar-refractivity contribution is -0.127. The minimum absolute atomic E-state index is 0. The molecule has 0 bridgehead atoms. The fourth-order valence-corrected chi connectivity index (χ4v) is 2.28. The Bertz CT molecular complexity index is 752. The number of guanidine groups is 1. The molecule has 1 heterocycles. The maximum Gasteiger partial charge on any atom is 0.243 e. The van der Waals surface area contributed by atoms with E-state index in [9.17, 15) is 9.18 Å². The molecule has 0 aliphatic heterocycles. The van der Waals surface area contributed by atoms with Crippen LogP contribution in [-0.4, -0.2) is 69.1 Å². The Morgan fingerprint density at radius 1 is 1.21 bits per heavy atom. The highest BCUT2D eigenvalue weighted by Crippen LogP contribution is 2.10. The van der Waals surface area contributed by atoms with Crippen LogP contribution >= 0.6 is 24.0 Å². The van der Waals surface area contributed by atoms with Gasteiger partial charge in [-0.15, -0.1) is 24.0 Å². The number of rotatable bonds is 9. The molecule has 29 heavy (non-hydrogen) atoms. The molecule has 0 aliphatic rings. The summed E-state index contributed by atoms with van der Waals surface area (Å²) in [7, 11) is 5.26. The van der Waals surface area contributed by atoms with Gasteiger partial charge in [0.15, 0.2) is 5.96 Å². The molecule has 0 fully saturated rings. The number of carbonyl (C=O) groups excluding carboxylic acids is 1. The summed E-state index contributed by atoms with van der Waals surface area (Å²) in [5, 5.41) is 3.25. The van der Waals surface area contributed by atoms with Crippen molar-refractivity contribution in [3.05, 3.63) is 54.2 Å². The summed E-state index contributed by atoms with van der Waals surface area (Å²) in [5.74, 6) is 1.69. The molecule has 0 radical (unpaired) electrons. The third-order valence-corrected chi connectivity index (χ3v) is 3.97. The van der Waals surface area contributed by atoms with E-state index in [0.29, 0.717) is 37.8 Å². The number of amides is 1. The van der Waals surface area contributed by atoms with Gasteiger partial charge in [-0.25, -0.2) is 9.38 Å². The third-order valence-electron chi connectivity index (χ3n) is 3.97. The van der Waals surface area contributed by atoms with Gasteiger partial charge >= 0.3 is 0 Å². The predicted molar refractivity (Wildman–Crippen MR) is 121 cm³/mol. The van der Waals surface area contributed by atoms with E-state index in [1.54, 1.807) is 32.5 Å². The maximum absolute atomic E-state index is 12.9. The molecule has 1 amide bonds. The van der Waals surface area contributed by atoms with E-state index in [-0.39, 0.29) is 42.2 Å². The number of furan rings is 1. The number of likely N-dealkylation sites (N-methyl/N-ethyl adjacent to an activating group) is 2. The molecule has 7 nitrogen and oxygen atoms in total. The molecule has 0 saturated carbocycles. The first-order chi connectivity index (χ1) is 13.5. The average Bonchev–Trinajstić information content (AvgIpc) is 3.19. The Balaban J connectivity index is 0.00000420. The zero-order valence-corrected chi connectivity index (χ0v) is 19.3. The number of nitrogens with one attached hydrogen (secondary N) is 1. The van der Waals surface area contributed by atoms with Gasteiger partial charge in [0.25, 0.3) is 0 Å². The minimum Gasteiger partial charge on any atom is -0.492 e. The van der Waals surface area contributed by atoms with Crippen molar-refractivity contribution in [2.24, 2.45) is 4.99 Å². The van der Waals surface area contributed by atoms with Crippen LogP contribution in [0.5, 0.6) is 5.75 Å². The van der Waals surface area contributed by atoms with Gasteiger partial charge in [-0.2, -0.15) is 0 Å². The molecule has 0 atom stereocenters. The number of hydrogen-bond donors (Lipinski definition) is 1. The quantitative estimate of drug-likeness (QED) is 0.314. The summed E-state index contributed by atoms with van der Waals surface area (Å²) >= 11 is 0. The van der Waals surface area contributed by atoms with E-state index >= 15 is 0 Å². The lowest BCUT2D eigenvalue weighted by Crippen LogP contribution is -2.42. The van der Waals surface area contributed by atoms with Crippen LogP contribution in [-0.2, 0) is 11.2 Å². The number of benzene rings is 1. The molecule has 2 aromatic rings. The van der Waals surface area contributed by atoms with Gasteiger partial charge in [-0.3, -0.25) is 4.79 Å². The van der Waals surface area contributed by atoms with Crippen LogP contribution in [0, 0.1) is 5.82 Å². The molecule has 0 saturated heterocycles. The van der Waals surface area contributed by atoms with Gasteiger partial charge in [-0.05, 0) is 36.4 Å². The van der Waals surface area contributed by atoms with Crippen LogP contribution in [0.1, 0.15) is 5.76 Å². The minimum atomic E-state index is -0.301. The molecule has 0 aliphatic carbocycles. The van der Waals surface area contributed by atoms with Gasteiger partial charge in [0.1, 0.15) is 30.5 Å². The van der Waals surface area contributed by atoms with Gasteiger partial charge < -0.3 is 24.3 Å². The Kier molecular flexibility index (Phi) is 11.1. The Morgan fingerprint density at radius 2 is 1.93 bits per heavy atom. The fourth-order valence-electron chi connectivity index (χ4n) is 2.28. The van der Waals surface area contributed by atoms with Crippen molar-refractivity contribution in [2.45, 2.75) is 6.42 Å². The SMILES string of the molecule is CN(C)C(=O)CN=C(NCCc1ccco1)N(C)CCOc1ccc(F)cc1.I. The van der Waals surface area contributed by atoms with Crippen molar-refractivity contribution in [2.75, 3.05) is 47.4 Å². The number of nitrogens with zero attached hydrogens (tertiary/aromatic N) is 3. The van der Waals surface area contributed by atoms with Gasteiger partial charge in [0, 0.05) is 34.1 Å². The van der Waals surface area contributed by atoms with E-state index in [0.717, 1.165) is 5.76 Å². The molecule has 1 aromatic heterocycles. The zero-order valence-electron chi connectivity index (χ0n) is 16.9. The van der Waals surface area contributed by atoms with E-state index < -0.39 is 0 Å². The van der Waals surface area contributed by atoms with E-state index in [1.165, 1.54) is 17.0 Å². The second kappa shape index (κ2) is 13.0. The number of aliphatic imine (C=N–C) groups is 1. The zero-order chi connectivity index (χ0) is 20.4. The summed E-state index contributed by atoms with van der Waals surface area (Å²) in [6.07, 6.45) is 2.34. The van der Waals surface area contributed by atoms with Crippen molar-refractivity contribution in [3.63, 3.8) is 0 Å². The van der Waals surface area contributed by atoms with Crippen molar-refractivity contribution in [3.8, 4) is 5.75 Å². The van der Waals surface area contributed by atoms with Crippen LogP contribution in [0.15, 0.2) is 52.1 Å². The van der Waals surface area contributed by atoms with Crippen LogP contribution in [0.4, 0.5) is 4.39 Å². The monoisotopic (exact) mass is 518 g/mol. The molecule has 2 rings (SSSR count). The largest absolute Gasteiger partial charge is 0.492 e. The van der Waals surface area contributed by atoms with Gasteiger partial charge in [0.2, 0.25) is 5.91 Å². The first-order valence-electron chi connectivity index (χ1n) is 9.06. The van der Waals surface area contributed by atoms with E-state index in [4.69, 9.17) is 9.15 Å². The fraction of sp³-hybridized carbons (Fsp3) is 0.400. The summed E-state index contributed by atoms with van der Waals surface area (Å²) in [4.78, 5) is 19.6. The molecular formula is C20H28FIN4O3. The summed E-state index contributed by atoms with van der Waals surface area (Å²) in [5.41, 5.74) is 0. The first-order valence-corrected chi connectivity index (χ1v) is 9.06. The van der Waals surface area contributed by atoms with Crippen LogP contribution in [0.2, 0.25) is 0 Å². The molecule has 0 unspecified atom stereocenters. The Labute approximate surface area is 187 Å². The second-order valence-corrected chi connectivity index (χ2v) is 6.41. The molecular weight excluding hydrogens is 490 g/mol. The number of halogens is 2. The summed E-state index contributed by atoms with van der Waals surface area (Å²) in [6.45, 7) is 1.60. The van der Waals surface area contributed by atoms with E-state index in [2.05, 4.69) is 10.3 Å². The second-order valence-electron chi connectivity index (χ2n) is 6.41. The van der Waals surface area contributed by atoms with Crippen molar-refractivity contribution >= 4 is 35.8 Å². The van der Waals surface area contributed by atoms with Gasteiger partial charge in [-0.1, -0.05) is 0 Å². The molecule has 9 heteroatoms. The topological polar surface area (TPSA) is 70.3 Å². The van der Waals surface area contributed by atoms with Crippen molar-refractivity contribution in [1.29, 1.82) is 0 Å². The number of ether oxygens (including phenoxy) is 1. The standard InChI is InChI=1S/C20H27FN4O3.HI/c1-24(2)19(26)15-23-20(22-11-10-17-5-4-13-27-17)25(3)12-14-28-18-8-6-16(21)7-9-18;/h4-9,13H,10-12,14-15H2,1-3H3,(H,22,23);1H. The lowest BCUT2D eigenvalue weighted by Gasteiger charge is -2.22. The Morgan fingerprint density at radius 3 is 2.55 bits per heavy atom. The highest BCUT2D eigenvalue weighted by Gasteiger charge is 2.10. The summed E-state index contributed by atoms with van der Waals surface area (Å²) in [6, 6.07) is 9.64. The van der Waals surface area contributed by atoms with E-state index in [1.807, 2.05) is 24.1 Å². The molecule has 1 N–H and O–H groups in total. The first kappa shape index (κ1) is 24.7. The molecule has 1 aromatic carbocycles. The smallest absolute Gasteiger partial charge is 0.243 e. The molecule has 0 spiro atoms. The highest BCUT2D eigenvalue weighted by molar-refractivity contribution is 14.0. The van der Waals surface area contributed by atoms with Crippen LogP contribution < -0.4 is 10.1 Å². The van der Waals surface area contributed by atoms with Crippen molar-refractivity contribution in [1.82, 2.24) is 15.1 Å². The molecule has 160 valence electrons. The lowest BCUT2D eigenvalue weighted by atomic mass is 10.3. The summed E-state index contributed by atoms with van der Waals surface area (Å²) < 4.78 is 23.9. The number of hydrogen-bond acceptors (Lipinski definition) is 4. The average molecular weight is 518 g/mol. The predicted octanol–water partition coefficient (Wildman–Crippen LogP) is 2.62. The van der Waals surface area contributed by atoms with Gasteiger partial charge in [0.05, 0.1) is 12.8 Å². The highest BCUT2D eigenvalue weighted by atomic mass is 127. The van der Waals surface area contributed by atoms with Crippen LogP contribution in [0.25, 0.3) is 0 Å². The Hall–Kier alpha value is -2.30. The van der Waals surface area contributed by atoms with Crippen LogP contribution in [0.3, 0.4) is 0 Å².